The average Bonchev–Trinajstić information content (AvgIpc) is 3.81. The van der Waals surface area contributed by atoms with Crippen molar-refractivity contribution in [3.05, 3.63) is 71.3 Å². The van der Waals surface area contributed by atoms with Gasteiger partial charge in [0.25, 0.3) is 0 Å². The third-order valence-electron chi connectivity index (χ3n) is 12.0. The summed E-state index contributed by atoms with van der Waals surface area (Å²) in [6.45, 7) is 15.7. The summed E-state index contributed by atoms with van der Waals surface area (Å²) in [5.41, 5.74) is 7.24. The number of aryl methyl sites for hydroxylation is 4. The van der Waals surface area contributed by atoms with Gasteiger partial charge in [-0.1, -0.05) is 174 Å². The van der Waals surface area contributed by atoms with Gasteiger partial charge in [0.05, 0.1) is 13.1 Å². The van der Waals surface area contributed by atoms with Crippen LogP contribution in [-0.2, 0) is 26.2 Å². The predicted molar refractivity (Wildman–Crippen MR) is 229 cm³/mol. The van der Waals surface area contributed by atoms with E-state index < -0.39 is 0 Å². The summed E-state index contributed by atoms with van der Waals surface area (Å²) in [5, 5.41) is 0. The Bertz CT molecular complexity index is 1220. The Morgan fingerprint density at radius 1 is 0.396 bits per heavy atom. The maximum atomic E-state index is 2.41. The Labute approximate surface area is 329 Å². The molecule has 1 aromatic carbocycles. The Morgan fingerprint density at radius 2 is 0.679 bits per heavy atom. The van der Waals surface area contributed by atoms with E-state index in [0.717, 1.165) is 26.2 Å². The number of hydrogen-bond acceptors (Lipinski definition) is 0. The van der Waals surface area contributed by atoms with Crippen LogP contribution in [-0.4, -0.2) is 9.13 Å². The fourth-order valence-electron chi connectivity index (χ4n) is 8.43. The highest BCUT2D eigenvalue weighted by Crippen LogP contribution is 2.23. The second kappa shape index (κ2) is 29.0. The molecule has 0 unspecified atom stereocenters. The number of hydrogen-bond donors (Lipinski definition) is 0. The van der Waals surface area contributed by atoms with Gasteiger partial charge in [-0.3, -0.25) is 0 Å². The van der Waals surface area contributed by atoms with E-state index in [9.17, 15) is 0 Å². The second-order valence-electron chi connectivity index (χ2n) is 16.9. The quantitative estimate of drug-likeness (QED) is 0.0430. The smallest absolute Gasteiger partial charge is 0.237 e. The summed E-state index contributed by atoms with van der Waals surface area (Å²) < 4.78 is 9.57. The summed E-state index contributed by atoms with van der Waals surface area (Å²) in [6.07, 6.45) is 53.4. The zero-order valence-electron chi connectivity index (χ0n) is 36.0. The van der Waals surface area contributed by atoms with Crippen LogP contribution in [0.2, 0.25) is 0 Å². The summed E-state index contributed by atoms with van der Waals surface area (Å²) in [7, 11) is 0. The number of unbranched alkanes of at least 4 members (excludes halogenated alkanes) is 26. The fraction of sp³-hybridized carbons (Fsp3) is 0.755. The first-order valence-electron chi connectivity index (χ1n) is 23.2. The monoisotopic (exact) mass is 731 g/mol. The van der Waals surface area contributed by atoms with E-state index in [0.29, 0.717) is 0 Å². The zero-order valence-corrected chi connectivity index (χ0v) is 36.0. The van der Waals surface area contributed by atoms with Crippen molar-refractivity contribution >= 4 is 0 Å². The lowest BCUT2D eigenvalue weighted by molar-refractivity contribution is -0.689. The van der Waals surface area contributed by atoms with Crippen molar-refractivity contribution < 1.29 is 9.13 Å². The highest BCUT2D eigenvalue weighted by atomic mass is 15.1. The highest BCUT2D eigenvalue weighted by Gasteiger charge is 2.17. The van der Waals surface area contributed by atoms with E-state index >= 15 is 0 Å². The third-order valence-corrected chi connectivity index (χ3v) is 12.0. The fourth-order valence-corrected chi connectivity index (χ4v) is 8.43. The van der Waals surface area contributed by atoms with Crippen molar-refractivity contribution in [2.45, 2.75) is 241 Å². The Morgan fingerprint density at radius 3 is 0.981 bits per heavy atom. The molecule has 0 atom stereocenters. The van der Waals surface area contributed by atoms with Crippen molar-refractivity contribution in [1.82, 2.24) is 9.13 Å². The molecule has 0 aliphatic carbocycles. The van der Waals surface area contributed by atoms with E-state index in [4.69, 9.17) is 0 Å². The van der Waals surface area contributed by atoms with Gasteiger partial charge in [-0.05, 0) is 74.3 Å². The molecule has 4 nitrogen and oxygen atoms in total. The van der Waals surface area contributed by atoms with Gasteiger partial charge >= 0.3 is 0 Å². The van der Waals surface area contributed by atoms with Crippen molar-refractivity contribution in [1.29, 1.82) is 0 Å². The van der Waals surface area contributed by atoms with Gasteiger partial charge in [-0.2, -0.15) is 0 Å². The Hall–Kier alpha value is -2.36. The van der Waals surface area contributed by atoms with Crippen LogP contribution in [0.25, 0.3) is 0 Å². The first kappa shape index (κ1) is 45.0. The minimum absolute atomic E-state index is 0.946. The van der Waals surface area contributed by atoms with Crippen LogP contribution < -0.4 is 9.13 Å². The molecule has 2 aromatic heterocycles. The molecule has 3 aromatic rings. The van der Waals surface area contributed by atoms with Crippen molar-refractivity contribution in [2.24, 2.45) is 0 Å². The molecule has 0 aliphatic rings. The van der Waals surface area contributed by atoms with E-state index in [2.05, 4.69) is 96.4 Å². The summed E-state index contributed by atoms with van der Waals surface area (Å²) in [6, 6.07) is 2.41. The first-order chi connectivity index (χ1) is 26.0. The van der Waals surface area contributed by atoms with Crippen LogP contribution in [0.4, 0.5) is 0 Å². The lowest BCUT2D eigenvalue weighted by Crippen LogP contribution is -2.35. The number of benzene rings is 1. The summed E-state index contributed by atoms with van der Waals surface area (Å²) >= 11 is 0. The van der Waals surface area contributed by atoms with Gasteiger partial charge in [0, 0.05) is 0 Å². The van der Waals surface area contributed by atoms with Crippen LogP contribution in [0.1, 0.15) is 221 Å². The minimum atomic E-state index is 0.946. The van der Waals surface area contributed by atoms with Crippen LogP contribution >= 0.6 is 0 Å². The Kier molecular flexibility index (Phi) is 24.6. The minimum Gasteiger partial charge on any atom is -0.237 e. The standard InChI is InChI=1S/C49H86N4/c1-6-8-10-12-14-16-18-20-22-24-26-28-30-32-34-50-36-38-52(43-50)41-48-45(3)40-46(4)49(47(48)5)42-53-39-37-51(44-53)35-33-31-29-27-25-23-21-19-17-15-13-11-9-7-2/h36-40,43-44H,6-35,41-42H2,1-5H3/q+2. The van der Waals surface area contributed by atoms with Gasteiger partial charge in [0.1, 0.15) is 37.9 Å². The predicted octanol–water partition coefficient (Wildman–Crippen LogP) is 13.8. The molecule has 2 heterocycles. The molecule has 0 aliphatic heterocycles. The van der Waals surface area contributed by atoms with E-state index in [1.165, 1.54) is 208 Å². The normalized spacial score (nSPS) is 11.6. The van der Waals surface area contributed by atoms with E-state index in [1.54, 1.807) is 0 Å². The van der Waals surface area contributed by atoms with Gasteiger partial charge in [0.15, 0.2) is 0 Å². The lowest BCUT2D eigenvalue weighted by Gasteiger charge is -2.15. The average molecular weight is 731 g/mol. The molecular weight excluding hydrogens is 645 g/mol. The van der Waals surface area contributed by atoms with Gasteiger partial charge in [-0.25, -0.2) is 18.3 Å². The second-order valence-corrected chi connectivity index (χ2v) is 16.9. The maximum Gasteiger partial charge on any atom is 0.244 e. The molecule has 0 saturated carbocycles. The molecule has 0 radical (unpaired) electrons. The zero-order chi connectivity index (χ0) is 37.8. The summed E-state index contributed by atoms with van der Waals surface area (Å²) in [4.78, 5) is 0. The van der Waals surface area contributed by atoms with Crippen molar-refractivity contribution in [2.75, 3.05) is 0 Å². The molecule has 53 heavy (non-hydrogen) atoms. The highest BCUT2D eigenvalue weighted by molar-refractivity contribution is 5.44. The third kappa shape index (κ3) is 19.7. The Balaban J connectivity index is 1.29. The number of aromatic nitrogens is 4. The molecule has 3 rings (SSSR count). The molecule has 0 fully saturated rings. The van der Waals surface area contributed by atoms with Gasteiger partial charge in [-0.15, -0.1) is 0 Å². The molecule has 0 amide bonds. The molecular formula is C49H86N4+2. The molecule has 0 N–H and O–H groups in total. The van der Waals surface area contributed by atoms with Crippen LogP contribution in [0.5, 0.6) is 0 Å². The first-order valence-corrected chi connectivity index (χ1v) is 23.2. The van der Waals surface area contributed by atoms with Crippen molar-refractivity contribution in [3.63, 3.8) is 0 Å². The van der Waals surface area contributed by atoms with E-state index in [-0.39, 0.29) is 0 Å². The molecule has 300 valence electrons. The van der Waals surface area contributed by atoms with Crippen LogP contribution in [0.3, 0.4) is 0 Å². The lowest BCUT2D eigenvalue weighted by atomic mass is 9.93. The maximum absolute atomic E-state index is 2.41. The number of nitrogens with zero attached hydrogens (tertiary/aromatic N) is 4. The molecule has 0 spiro atoms. The largest absolute Gasteiger partial charge is 0.244 e. The molecule has 0 bridgehead atoms. The van der Waals surface area contributed by atoms with Crippen molar-refractivity contribution in [3.8, 4) is 0 Å². The number of rotatable bonds is 34. The summed E-state index contributed by atoms with van der Waals surface area (Å²) in [5.74, 6) is 0. The van der Waals surface area contributed by atoms with Gasteiger partial charge < -0.3 is 0 Å². The van der Waals surface area contributed by atoms with Crippen LogP contribution in [0, 0.1) is 20.8 Å². The molecule has 4 heteroatoms. The van der Waals surface area contributed by atoms with Gasteiger partial charge in [0.2, 0.25) is 12.7 Å². The SMILES string of the molecule is CCCCCCCCCCCCCCCCn1cc[n+](Cc2c(C)cc(C)c(C[n+]3ccn(CCCCCCCCCCCCCCCC)c3)c2C)c1. The number of imidazole rings is 2. The molecule has 0 saturated heterocycles. The topological polar surface area (TPSA) is 17.6 Å². The van der Waals surface area contributed by atoms with E-state index in [1.807, 2.05) is 0 Å². The van der Waals surface area contributed by atoms with Crippen LogP contribution in [0.15, 0.2) is 43.5 Å².